The molecule has 0 saturated carbocycles. The summed E-state index contributed by atoms with van der Waals surface area (Å²) in [6, 6.07) is 22.0. The number of carbonyl (C=O) groups is 4. The van der Waals surface area contributed by atoms with E-state index in [1.165, 1.54) is 24.3 Å². The van der Waals surface area contributed by atoms with Crippen molar-refractivity contribution in [2.45, 2.75) is 12.2 Å². The summed E-state index contributed by atoms with van der Waals surface area (Å²) in [5.41, 5.74) is 0.472. The van der Waals surface area contributed by atoms with E-state index >= 15 is 0 Å². The minimum Gasteiger partial charge on any atom is -0.478 e. The topological polar surface area (TPSA) is 119 Å². The molecular formula is C24H18BrNO7. The standard InChI is InChI=1S/C24H18BrNO7/c25-17-13-7-8-14-18(17)26-21(27)19(32-23(30)15-9-3-1-4-10-15)20(22(28)29)33-24(31)16-11-5-2-6-12-16/h1-14,19-20H,(H,26,27)(H,28,29)/t19-,20-/m1/s1. The van der Waals surface area contributed by atoms with Crippen molar-refractivity contribution in [3.63, 3.8) is 0 Å². The van der Waals surface area contributed by atoms with Crippen molar-refractivity contribution in [1.29, 1.82) is 0 Å². The lowest BCUT2D eigenvalue weighted by Gasteiger charge is -2.23. The second-order valence-corrected chi connectivity index (χ2v) is 7.55. The van der Waals surface area contributed by atoms with Crippen molar-refractivity contribution in [3.05, 3.63) is 101 Å². The molecule has 1 amide bonds. The summed E-state index contributed by atoms with van der Waals surface area (Å²) < 4.78 is 10.9. The van der Waals surface area contributed by atoms with Crippen LogP contribution in [-0.2, 0) is 19.1 Å². The molecule has 33 heavy (non-hydrogen) atoms. The molecule has 0 aromatic heterocycles. The Morgan fingerprint density at radius 2 is 1.15 bits per heavy atom. The summed E-state index contributed by atoms with van der Waals surface area (Å²) in [4.78, 5) is 50.1. The molecule has 0 aliphatic carbocycles. The minimum absolute atomic E-state index is 0.0723. The van der Waals surface area contributed by atoms with Crippen molar-refractivity contribution in [3.8, 4) is 0 Å². The Bertz CT molecular complexity index is 1150. The van der Waals surface area contributed by atoms with E-state index in [1.54, 1.807) is 60.7 Å². The summed E-state index contributed by atoms with van der Waals surface area (Å²) in [5.74, 6) is -4.59. The number of para-hydroxylation sites is 1. The van der Waals surface area contributed by atoms with Crippen molar-refractivity contribution in [1.82, 2.24) is 0 Å². The van der Waals surface area contributed by atoms with Gasteiger partial charge in [-0.25, -0.2) is 14.4 Å². The molecule has 3 aromatic carbocycles. The number of anilines is 1. The molecule has 9 heteroatoms. The van der Waals surface area contributed by atoms with Crippen LogP contribution in [0.5, 0.6) is 0 Å². The van der Waals surface area contributed by atoms with Crippen LogP contribution in [0.3, 0.4) is 0 Å². The predicted molar refractivity (Wildman–Crippen MR) is 122 cm³/mol. The fourth-order valence-electron chi connectivity index (χ4n) is 2.78. The molecule has 2 N–H and O–H groups in total. The quantitative estimate of drug-likeness (QED) is 0.439. The number of esters is 2. The van der Waals surface area contributed by atoms with Crippen molar-refractivity contribution in [2.75, 3.05) is 5.32 Å². The molecule has 8 nitrogen and oxygen atoms in total. The maximum atomic E-state index is 13.0. The van der Waals surface area contributed by atoms with Gasteiger partial charge < -0.3 is 19.9 Å². The third-order valence-corrected chi connectivity index (χ3v) is 5.09. The molecule has 3 rings (SSSR count). The van der Waals surface area contributed by atoms with Crippen molar-refractivity contribution in [2.24, 2.45) is 0 Å². The number of halogens is 1. The number of ether oxygens (including phenoxy) is 2. The molecule has 0 aliphatic rings. The van der Waals surface area contributed by atoms with E-state index in [1.807, 2.05) is 0 Å². The predicted octanol–water partition coefficient (Wildman–Crippen LogP) is 3.92. The van der Waals surface area contributed by atoms with Crippen molar-refractivity contribution < 1.29 is 33.8 Å². The van der Waals surface area contributed by atoms with Gasteiger partial charge in [0.15, 0.2) is 0 Å². The molecule has 0 unspecified atom stereocenters. The highest BCUT2D eigenvalue weighted by Crippen LogP contribution is 2.23. The van der Waals surface area contributed by atoms with E-state index in [0.29, 0.717) is 10.2 Å². The first-order chi connectivity index (χ1) is 15.9. The molecule has 3 aromatic rings. The number of hydrogen-bond donors (Lipinski definition) is 2. The molecular weight excluding hydrogens is 494 g/mol. The van der Waals surface area contributed by atoms with Crippen molar-refractivity contribution >= 4 is 45.4 Å². The molecule has 0 heterocycles. The van der Waals surface area contributed by atoms with Crippen LogP contribution in [0.15, 0.2) is 89.4 Å². The van der Waals surface area contributed by atoms with Gasteiger partial charge in [-0.15, -0.1) is 0 Å². The molecule has 0 bridgehead atoms. The van der Waals surface area contributed by atoms with Gasteiger partial charge in [0.25, 0.3) is 5.91 Å². The molecule has 0 spiro atoms. The van der Waals surface area contributed by atoms with Gasteiger partial charge in [0, 0.05) is 4.47 Å². The van der Waals surface area contributed by atoms with Gasteiger partial charge in [-0.1, -0.05) is 48.5 Å². The number of carbonyl (C=O) groups excluding carboxylic acids is 3. The minimum atomic E-state index is -2.10. The monoisotopic (exact) mass is 511 g/mol. The van der Waals surface area contributed by atoms with Gasteiger partial charge in [0.1, 0.15) is 0 Å². The number of aliphatic carboxylic acids is 1. The first kappa shape index (κ1) is 23.7. The van der Waals surface area contributed by atoms with E-state index in [4.69, 9.17) is 9.47 Å². The fraction of sp³-hybridized carbons (Fsp3) is 0.0833. The summed E-state index contributed by atoms with van der Waals surface area (Å²) in [6.07, 6.45) is -4.08. The lowest BCUT2D eigenvalue weighted by atomic mass is 10.1. The number of carboxylic acid groups (broad SMARTS) is 1. The third kappa shape index (κ3) is 6.27. The Labute approximate surface area is 197 Å². The first-order valence-corrected chi connectivity index (χ1v) is 10.5. The lowest BCUT2D eigenvalue weighted by Crippen LogP contribution is -2.48. The molecule has 168 valence electrons. The lowest BCUT2D eigenvalue weighted by molar-refractivity contribution is -0.157. The second-order valence-electron chi connectivity index (χ2n) is 6.69. The average molecular weight is 512 g/mol. The number of nitrogens with one attached hydrogen (secondary N) is 1. The highest BCUT2D eigenvalue weighted by atomic mass is 79.9. The number of hydrogen-bond acceptors (Lipinski definition) is 6. The average Bonchev–Trinajstić information content (AvgIpc) is 2.83. The Balaban J connectivity index is 1.91. The number of carboxylic acids is 1. The van der Waals surface area contributed by atoms with E-state index in [2.05, 4.69) is 21.2 Å². The summed E-state index contributed by atoms with van der Waals surface area (Å²) in [6.45, 7) is 0. The van der Waals surface area contributed by atoms with Gasteiger partial charge >= 0.3 is 17.9 Å². The van der Waals surface area contributed by atoms with Crippen LogP contribution in [0.1, 0.15) is 20.7 Å². The third-order valence-electron chi connectivity index (χ3n) is 4.40. The van der Waals surface area contributed by atoms with Crippen LogP contribution in [-0.4, -0.2) is 41.1 Å². The smallest absolute Gasteiger partial charge is 0.349 e. The molecule has 0 aliphatic heterocycles. The Kier molecular flexibility index (Phi) is 7.93. The van der Waals surface area contributed by atoms with Crippen LogP contribution >= 0.6 is 15.9 Å². The number of amides is 1. The van der Waals surface area contributed by atoms with Crippen LogP contribution in [0, 0.1) is 0 Å². The zero-order valence-corrected chi connectivity index (χ0v) is 18.6. The van der Waals surface area contributed by atoms with E-state index < -0.39 is 36.0 Å². The zero-order chi connectivity index (χ0) is 23.8. The first-order valence-electron chi connectivity index (χ1n) is 9.67. The SMILES string of the molecule is O=C(O[C@@H](C(=O)O)[C@@H](OC(=O)c1ccccc1)C(=O)Nc1ccccc1Br)c1ccccc1. The van der Waals surface area contributed by atoms with E-state index in [-0.39, 0.29) is 11.1 Å². The van der Waals surface area contributed by atoms with Crippen LogP contribution in [0.4, 0.5) is 5.69 Å². The Morgan fingerprint density at radius 1 is 0.697 bits per heavy atom. The number of benzene rings is 3. The highest BCUT2D eigenvalue weighted by molar-refractivity contribution is 9.10. The van der Waals surface area contributed by atoms with Gasteiger partial charge in [0.2, 0.25) is 12.2 Å². The van der Waals surface area contributed by atoms with Crippen LogP contribution < -0.4 is 5.32 Å². The Hall–Kier alpha value is -3.98. The molecule has 0 fully saturated rings. The van der Waals surface area contributed by atoms with Crippen LogP contribution in [0.25, 0.3) is 0 Å². The maximum absolute atomic E-state index is 13.0. The van der Waals surface area contributed by atoms with Gasteiger partial charge in [-0.2, -0.15) is 0 Å². The fourth-order valence-corrected chi connectivity index (χ4v) is 3.16. The van der Waals surface area contributed by atoms with E-state index in [0.717, 1.165) is 0 Å². The zero-order valence-electron chi connectivity index (χ0n) is 17.0. The van der Waals surface area contributed by atoms with E-state index in [9.17, 15) is 24.3 Å². The molecule has 0 radical (unpaired) electrons. The highest BCUT2D eigenvalue weighted by Gasteiger charge is 2.41. The normalized spacial score (nSPS) is 12.2. The molecule has 0 saturated heterocycles. The van der Waals surface area contributed by atoms with Gasteiger partial charge in [-0.3, -0.25) is 4.79 Å². The second kappa shape index (κ2) is 11.1. The summed E-state index contributed by atoms with van der Waals surface area (Å²) in [7, 11) is 0. The number of rotatable bonds is 8. The van der Waals surface area contributed by atoms with Gasteiger partial charge in [0.05, 0.1) is 16.8 Å². The summed E-state index contributed by atoms with van der Waals surface area (Å²) >= 11 is 3.27. The molecule has 2 atom stereocenters. The summed E-state index contributed by atoms with van der Waals surface area (Å²) in [5, 5.41) is 12.2. The largest absolute Gasteiger partial charge is 0.478 e. The van der Waals surface area contributed by atoms with Gasteiger partial charge in [-0.05, 0) is 52.3 Å². The van der Waals surface area contributed by atoms with Crippen LogP contribution in [0.2, 0.25) is 0 Å². The maximum Gasteiger partial charge on any atom is 0.349 e. The Morgan fingerprint density at radius 3 is 1.64 bits per heavy atom.